The van der Waals surface area contributed by atoms with E-state index in [0.717, 1.165) is 16.7 Å². The molecule has 0 saturated carbocycles. The lowest BCUT2D eigenvalue weighted by Crippen LogP contribution is -1.95. The molecule has 0 bridgehead atoms. The van der Waals surface area contributed by atoms with E-state index in [1.54, 1.807) is 0 Å². The number of fused-ring (bicyclic) bond motifs is 8. The predicted molar refractivity (Wildman–Crippen MR) is 97.1 cm³/mol. The molecule has 1 unspecified atom stereocenters. The Balaban J connectivity index is 2.23. The molecule has 104 valence electrons. The van der Waals surface area contributed by atoms with E-state index in [1.165, 1.54) is 27.0 Å². The molecular weight excluding hydrogens is 287 g/mol. The van der Waals surface area contributed by atoms with Gasteiger partial charge in [0.1, 0.15) is 5.65 Å². The minimum Gasteiger partial charge on any atom is -0.292 e. The molecule has 5 aromatic rings. The number of hydrogen-bond donors (Lipinski definition) is 0. The van der Waals surface area contributed by atoms with Gasteiger partial charge in [-0.05, 0) is 35.0 Å². The number of para-hydroxylation sites is 3. The summed E-state index contributed by atoms with van der Waals surface area (Å²) in [7, 11) is 2.78. The van der Waals surface area contributed by atoms with Crippen molar-refractivity contribution in [2.45, 2.75) is 0 Å². The minimum atomic E-state index is 1.03. The first-order chi connectivity index (χ1) is 10.8. The van der Waals surface area contributed by atoms with E-state index in [-0.39, 0.29) is 0 Å². The van der Waals surface area contributed by atoms with E-state index in [1.807, 2.05) is 6.07 Å². The largest absolute Gasteiger partial charge is 0.292 e. The zero-order valence-electron chi connectivity index (χ0n) is 11.8. The fourth-order valence-corrected chi connectivity index (χ4v) is 3.59. The zero-order valence-corrected chi connectivity index (χ0v) is 13.0. The van der Waals surface area contributed by atoms with Gasteiger partial charge in [-0.15, -0.1) is 9.24 Å². The van der Waals surface area contributed by atoms with Crippen molar-refractivity contribution in [1.29, 1.82) is 0 Å². The SMILES string of the molecule is Pc1ccc2c3ccccc3n3c4ccccc4nc3c2c1. The fourth-order valence-electron chi connectivity index (χ4n) is 3.33. The van der Waals surface area contributed by atoms with Crippen LogP contribution in [0.15, 0.2) is 66.7 Å². The summed E-state index contributed by atoms with van der Waals surface area (Å²) in [4.78, 5) is 4.89. The van der Waals surface area contributed by atoms with Crippen LogP contribution in [0.25, 0.3) is 38.4 Å². The van der Waals surface area contributed by atoms with E-state index in [4.69, 9.17) is 4.98 Å². The summed E-state index contributed by atoms with van der Waals surface area (Å²) in [6, 6.07) is 23.4. The van der Waals surface area contributed by atoms with Crippen LogP contribution in [0.2, 0.25) is 0 Å². The van der Waals surface area contributed by atoms with Gasteiger partial charge in [0.25, 0.3) is 0 Å². The molecule has 3 aromatic carbocycles. The van der Waals surface area contributed by atoms with Crippen molar-refractivity contribution in [3.05, 3.63) is 66.7 Å². The van der Waals surface area contributed by atoms with Crippen LogP contribution < -0.4 is 5.30 Å². The second-order valence-corrected chi connectivity index (χ2v) is 6.25. The highest BCUT2D eigenvalue weighted by Gasteiger charge is 2.12. The van der Waals surface area contributed by atoms with Crippen molar-refractivity contribution in [2.24, 2.45) is 0 Å². The van der Waals surface area contributed by atoms with Gasteiger partial charge in [0.05, 0.1) is 16.6 Å². The maximum atomic E-state index is 4.89. The van der Waals surface area contributed by atoms with Gasteiger partial charge in [0.2, 0.25) is 0 Å². The average Bonchev–Trinajstić information content (AvgIpc) is 2.95. The van der Waals surface area contributed by atoms with Gasteiger partial charge in [-0.3, -0.25) is 4.40 Å². The Morgan fingerprint density at radius 3 is 2.41 bits per heavy atom. The van der Waals surface area contributed by atoms with Gasteiger partial charge in [-0.1, -0.05) is 42.5 Å². The van der Waals surface area contributed by atoms with Crippen molar-refractivity contribution in [3.63, 3.8) is 0 Å². The topological polar surface area (TPSA) is 17.3 Å². The van der Waals surface area contributed by atoms with E-state index in [9.17, 15) is 0 Å². The van der Waals surface area contributed by atoms with Gasteiger partial charge in [0.15, 0.2) is 0 Å². The summed E-state index contributed by atoms with van der Waals surface area (Å²) < 4.78 is 2.27. The molecule has 0 radical (unpaired) electrons. The highest BCUT2D eigenvalue weighted by molar-refractivity contribution is 7.27. The van der Waals surface area contributed by atoms with Crippen LogP contribution in [0.1, 0.15) is 0 Å². The second-order valence-electron chi connectivity index (χ2n) is 5.58. The van der Waals surface area contributed by atoms with Crippen LogP contribution >= 0.6 is 9.24 Å². The van der Waals surface area contributed by atoms with Gasteiger partial charge < -0.3 is 0 Å². The Morgan fingerprint density at radius 1 is 0.727 bits per heavy atom. The molecule has 0 fully saturated rings. The molecule has 2 heterocycles. The summed E-state index contributed by atoms with van der Waals surface area (Å²) >= 11 is 0. The van der Waals surface area contributed by atoms with Crippen LogP contribution in [0.5, 0.6) is 0 Å². The quantitative estimate of drug-likeness (QED) is 0.308. The summed E-state index contributed by atoms with van der Waals surface area (Å²) in [5.41, 5.74) is 4.42. The Bertz CT molecular complexity index is 1190. The summed E-state index contributed by atoms with van der Waals surface area (Å²) in [5, 5.41) is 4.89. The first-order valence-corrected chi connectivity index (χ1v) is 7.88. The maximum Gasteiger partial charge on any atom is 0.146 e. The molecule has 0 spiro atoms. The van der Waals surface area contributed by atoms with Gasteiger partial charge >= 0.3 is 0 Å². The second kappa shape index (κ2) is 4.28. The lowest BCUT2D eigenvalue weighted by Gasteiger charge is -2.09. The van der Waals surface area contributed by atoms with Gasteiger partial charge in [-0.2, -0.15) is 0 Å². The Labute approximate surface area is 129 Å². The number of benzene rings is 3. The number of nitrogens with zero attached hydrogens (tertiary/aromatic N) is 2. The molecule has 3 heteroatoms. The minimum absolute atomic E-state index is 1.03. The Hall–Kier alpha value is -2.44. The third-order valence-electron chi connectivity index (χ3n) is 4.28. The maximum absolute atomic E-state index is 4.89. The van der Waals surface area contributed by atoms with Crippen LogP contribution in [0.4, 0.5) is 0 Å². The van der Waals surface area contributed by atoms with E-state index in [0.29, 0.717) is 0 Å². The molecule has 0 amide bonds. The number of aromatic nitrogens is 2. The Morgan fingerprint density at radius 2 is 1.50 bits per heavy atom. The number of pyridine rings is 1. The van der Waals surface area contributed by atoms with Gasteiger partial charge in [0, 0.05) is 10.8 Å². The summed E-state index contributed by atoms with van der Waals surface area (Å²) in [6.07, 6.45) is 0. The van der Waals surface area contributed by atoms with Crippen LogP contribution in [0, 0.1) is 0 Å². The monoisotopic (exact) mass is 300 g/mol. The summed E-state index contributed by atoms with van der Waals surface area (Å²) in [6.45, 7) is 0. The molecule has 0 aliphatic rings. The highest BCUT2D eigenvalue weighted by atomic mass is 31.0. The number of rotatable bonds is 0. The predicted octanol–water partition coefficient (Wildman–Crippen LogP) is 4.29. The summed E-state index contributed by atoms with van der Waals surface area (Å²) in [5.74, 6) is 0. The molecule has 0 aliphatic heterocycles. The van der Waals surface area contributed by atoms with E-state index >= 15 is 0 Å². The number of imidazole rings is 1. The Kier molecular flexibility index (Phi) is 2.36. The molecule has 5 rings (SSSR count). The van der Waals surface area contributed by atoms with E-state index < -0.39 is 0 Å². The average molecular weight is 300 g/mol. The van der Waals surface area contributed by atoms with Gasteiger partial charge in [-0.25, -0.2) is 4.98 Å². The van der Waals surface area contributed by atoms with Crippen LogP contribution in [0.3, 0.4) is 0 Å². The molecule has 1 atom stereocenters. The van der Waals surface area contributed by atoms with Crippen molar-refractivity contribution < 1.29 is 0 Å². The normalized spacial score (nSPS) is 11.9. The molecule has 22 heavy (non-hydrogen) atoms. The highest BCUT2D eigenvalue weighted by Crippen LogP contribution is 2.31. The van der Waals surface area contributed by atoms with E-state index in [2.05, 4.69) is 74.3 Å². The smallest absolute Gasteiger partial charge is 0.146 e. The lowest BCUT2D eigenvalue weighted by atomic mass is 10.1. The van der Waals surface area contributed by atoms with Crippen molar-refractivity contribution in [3.8, 4) is 0 Å². The number of hydrogen-bond acceptors (Lipinski definition) is 1. The van der Waals surface area contributed by atoms with Crippen molar-refractivity contribution in [2.75, 3.05) is 0 Å². The third kappa shape index (κ3) is 1.51. The first-order valence-electron chi connectivity index (χ1n) is 7.30. The molecule has 2 aromatic heterocycles. The fraction of sp³-hybridized carbons (Fsp3) is 0. The molecular formula is C19H13N2P. The van der Waals surface area contributed by atoms with Crippen molar-refractivity contribution in [1.82, 2.24) is 9.38 Å². The van der Waals surface area contributed by atoms with Crippen molar-refractivity contribution >= 4 is 52.9 Å². The first kappa shape index (κ1) is 12.1. The molecule has 2 nitrogen and oxygen atoms in total. The zero-order chi connectivity index (χ0) is 14.7. The third-order valence-corrected chi connectivity index (χ3v) is 4.64. The van der Waals surface area contributed by atoms with Crippen LogP contribution in [-0.4, -0.2) is 9.38 Å². The standard InChI is InChI=1S/C19H13N2P/c22-12-9-10-13-14-5-1-3-7-17(14)21-18-8-4-2-6-16(18)20-19(21)15(13)11-12/h1-11H,22H2. The molecule has 0 saturated heterocycles. The molecule has 0 N–H and O–H groups in total. The lowest BCUT2D eigenvalue weighted by molar-refractivity contribution is 1.32. The van der Waals surface area contributed by atoms with Crippen LogP contribution in [-0.2, 0) is 0 Å². The molecule has 0 aliphatic carbocycles.